The van der Waals surface area contributed by atoms with Crippen LogP contribution < -0.4 is 5.32 Å². The minimum atomic E-state index is -4.06. The molecule has 2 heterocycles. The summed E-state index contributed by atoms with van der Waals surface area (Å²) >= 11 is 3.47. The first-order valence-electron chi connectivity index (χ1n) is 8.21. The van der Waals surface area contributed by atoms with Crippen LogP contribution in [0.2, 0.25) is 0 Å². The molecule has 0 amide bonds. The van der Waals surface area contributed by atoms with E-state index in [0.29, 0.717) is 18.7 Å². The van der Waals surface area contributed by atoms with E-state index in [1.165, 1.54) is 0 Å². The molecule has 1 aliphatic carbocycles. The Morgan fingerprint density at radius 3 is 2.67 bits per heavy atom. The van der Waals surface area contributed by atoms with Crippen LogP contribution in [0.4, 0.5) is 19.0 Å². The molecule has 0 saturated heterocycles. The van der Waals surface area contributed by atoms with Crippen LogP contribution in [-0.2, 0) is 0 Å². The summed E-state index contributed by atoms with van der Waals surface area (Å²) in [5.74, 6) is -0.194. The number of anilines is 1. The molecule has 4 nitrogen and oxygen atoms in total. The van der Waals surface area contributed by atoms with Gasteiger partial charge in [-0.05, 0) is 54.0 Å². The first kappa shape index (κ1) is 17.5. The maximum Gasteiger partial charge on any atom is 0.391 e. The lowest BCUT2D eigenvalue weighted by molar-refractivity contribution is -0.184. The standard InChI is InChI=1S/C16H20BrF3N4/c1-2-13(10-3-5-11(6-4-10)16(18,19)20)23-15-14-12(17)9-22-24(14)8-7-21-15/h7-11,13H,2-6H2,1H3,(H,21,23). The van der Waals surface area contributed by atoms with Crippen LogP contribution in [0.1, 0.15) is 39.0 Å². The number of aromatic nitrogens is 3. The molecule has 1 fully saturated rings. The number of alkyl halides is 3. The van der Waals surface area contributed by atoms with Crippen molar-refractivity contribution in [2.24, 2.45) is 11.8 Å². The highest BCUT2D eigenvalue weighted by molar-refractivity contribution is 9.10. The third kappa shape index (κ3) is 3.53. The van der Waals surface area contributed by atoms with Gasteiger partial charge in [0.2, 0.25) is 0 Å². The van der Waals surface area contributed by atoms with E-state index in [-0.39, 0.29) is 24.8 Å². The molecule has 2 aromatic rings. The lowest BCUT2D eigenvalue weighted by Crippen LogP contribution is -2.35. The fraction of sp³-hybridized carbons (Fsp3) is 0.625. The summed E-state index contributed by atoms with van der Waals surface area (Å²) in [6.45, 7) is 2.05. The first-order chi connectivity index (χ1) is 11.4. The molecule has 0 aliphatic heterocycles. The summed E-state index contributed by atoms with van der Waals surface area (Å²) in [4.78, 5) is 4.39. The number of rotatable bonds is 4. The molecular formula is C16H20BrF3N4. The summed E-state index contributed by atoms with van der Waals surface area (Å²) in [6.07, 6.45) is 3.56. The Bertz CT molecular complexity index is 692. The van der Waals surface area contributed by atoms with Gasteiger partial charge in [-0.1, -0.05) is 6.92 Å². The molecule has 0 aromatic carbocycles. The van der Waals surface area contributed by atoms with Crippen LogP contribution >= 0.6 is 15.9 Å². The van der Waals surface area contributed by atoms with Crippen molar-refractivity contribution >= 4 is 27.3 Å². The Morgan fingerprint density at radius 2 is 2.04 bits per heavy atom. The van der Waals surface area contributed by atoms with Gasteiger partial charge in [-0.2, -0.15) is 18.3 Å². The van der Waals surface area contributed by atoms with Crippen LogP contribution in [-0.4, -0.2) is 26.8 Å². The summed E-state index contributed by atoms with van der Waals surface area (Å²) in [6, 6.07) is 0.111. The van der Waals surface area contributed by atoms with Gasteiger partial charge in [-0.3, -0.25) is 0 Å². The molecule has 0 radical (unpaired) electrons. The van der Waals surface area contributed by atoms with Crippen molar-refractivity contribution in [1.29, 1.82) is 0 Å². The molecular weight excluding hydrogens is 385 g/mol. The van der Waals surface area contributed by atoms with E-state index in [9.17, 15) is 13.2 Å². The van der Waals surface area contributed by atoms with Crippen LogP contribution in [0.3, 0.4) is 0 Å². The van der Waals surface area contributed by atoms with Crippen molar-refractivity contribution in [2.75, 3.05) is 5.32 Å². The highest BCUT2D eigenvalue weighted by Gasteiger charge is 2.42. The number of hydrogen-bond donors (Lipinski definition) is 1. The maximum atomic E-state index is 12.8. The van der Waals surface area contributed by atoms with Crippen molar-refractivity contribution in [1.82, 2.24) is 14.6 Å². The van der Waals surface area contributed by atoms with Crippen LogP contribution in [0.15, 0.2) is 23.1 Å². The van der Waals surface area contributed by atoms with Crippen LogP contribution in [0.25, 0.3) is 5.52 Å². The van der Waals surface area contributed by atoms with E-state index < -0.39 is 12.1 Å². The zero-order valence-electron chi connectivity index (χ0n) is 13.4. The van der Waals surface area contributed by atoms with E-state index in [2.05, 4.69) is 38.3 Å². The maximum absolute atomic E-state index is 12.8. The molecule has 24 heavy (non-hydrogen) atoms. The van der Waals surface area contributed by atoms with Crippen molar-refractivity contribution in [2.45, 2.75) is 51.2 Å². The fourth-order valence-electron chi connectivity index (χ4n) is 3.59. The molecule has 1 unspecified atom stereocenters. The molecule has 1 aliphatic rings. The minimum absolute atomic E-state index is 0.111. The Balaban J connectivity index is 1.72. The van der Waals surface area contributed by atoms with Crippen molar-refractivity contribution in [3.8, 4) is 0 Å². The molecule has 3 rings (SSSR count). The predicted molar refractivity (Wildman–Crippen MR) is 89.9 cm³/mol. The Kier molecular flexibility index (Phi) is 5.03. The number of nitrogens with one attached hydrogen (secondary N) is 1. The van der Waals surface area contributed by atoms with Gasteiger partial charge in [0.25, 0.3) is 0 Å². The topological polar surface area (TPSA) is 42.2 Å². The van der Waals surface area contributed by atoms with Gasteiger partial charge in [-0.25, -0.2) is 9.50 Å². The molecule has 0 bridgehead atoms. The third-order valence-corrected chi connectivity index (χ3v) is 5.53. The van der Waals surface area contributed by atoms with Gasteiger partial charge in [0.05, 0.1) is 16.6 Å². The predicted octanol–water partition coefficient (Wildman–Crippen LogP) is 5.05. The molecule has 0 spiro atoms. The smallest absolute Gasteiger partial charge is 0.365 e. The average Bonchev–Trinajstić information content (AvgIpc) is 2.94. The first-order valence-corrected chi connectivity index (χ1v) is 9.00. The second kappa shape index (κ2) is 6.90. The second-order valence-corrected chi connectivity index (χ2v) is 7.23. The lowest BCUT2D eigenvalue weighted by Gasteiger charge is -2.35. The van der Waals surface area contributed by atoms with Gasteiger partial charge in [-0.15, -0.1) is 0 Å². The normalized spacial score (nSPS) is 23.4. The van der Waals surface area contributed by atoms with Crippen molar-refractivity contribution in [3.05, 3.63) is 23.1 Å². The number of nitrogens with zero attached hydrogens (tertiary/aromatic N) is 3. The van der Waals surface area contributed by atoms with Gasteiger partial charge in [0, 0.05) is 18.4 Å². The fourth-order valence-corrected chi connectivity index (χ4v) is 4.05. The number of halogens is 4. The minimum Gasteiger partial charge on any atom is -0.365 e. The Hall–Kier alpha value is -1.31. The van der Waals surface area contributed by atoms with E-state index in [4.69, 9.17) is 0 Å². The van der Waals surface area contributed by atoms with Crippen molar-refractivity contribution < 1.29 is 13.2 Å². The zero-order valence-corrected chi connectivity index (χ0v) is 14.9. The SMILES string of the molecule is CCC(Nc1nccn2ncc(Br)c12)C1CCC(C(F)(F)F)CC1. The molecule has 1 saturated carbocycles. The van der Waals surface area contributed by atoms with E-state index in [1.807, 2.05) is 0 Å². The highest BCUT2D eigenvalue weighted by atomic mass is 79.9. The summed E-state index contributed by atoms with van der Waals surface area (Å²) < 4.78 is 41.1. The summed E-state index contributed by atoms with van der Waals surface area (Å²) in [5, 5.41) is 7.67. The number of hydrogen-bond acceptors (Lipinski definition) is 3. The van der Waals surface area contributed by atoms with Gasteiger partial charge in [0.1, 0.15) is 5.52 Å². The van der Waals surface area contributed by atoms with Gasteiger partial charge < -0.3 is 5.32 Å². The number of fused-ring (bicyclic) bond motifs is 1. The third-order valence-electron chi connectivity index (χ3n) is 4.95. The second-order valence-electron chi connectivity index (χ2n) is 6.37. The van der Waals surface area contributed by atoms with Gasteiger partial charge >= 0.3 is 6.18 Å². The quantitative estimate of drug-likeness (QED) is 0.774. The molecule has 132 valence electrons. The zero-order chi connectivity index (χ0) is 17.3. The summed E-state index contributed by atoms with van der Waals surface area (Å²) in [7, 11) is 0. The van der Waals surface area contributed by atoms with Crippen LogP contribution in [0.5, 0.6) is 0 Å². The highest BCUT2D eigenvalue weighted by Crippen LogP contribution is 2.41. The van der Waals surface area contributed by atoms with Crippen LogP contribution in [0, 0.1) is 11.8 Å². The monoisotopic (exact) mass is 404 g/mol. The molecule has 8 heteroatoms. The van der Waals surface area contributed by atoms with Gasteiger partial charge in [0.15, 0.2) is 5.82 Å². The Labute approximate surface area is 147 Å². The van der Waals surface area contributed by atoms with E-state index >= 15 is 0 Å². The molecule has 2 aromatic heterocycles. The van der Waals surface area contributed by atoms with E-state index in [0.717, 1.165) is 16.4 Å². The lowest BCUT2D eigenvalue weighted by atomic mass is 9.77. The molecule has 1 N–H and O–H groups in total. The average molecular weight is 405 g/mol. The van der Waals surface area contributed by atoms with E-state index in [1.54, 1.807) is 23.1 Å². The summed E-state index contributed by atoms with van der Waals surface area (Å²) in [5.41, 5.74) is 0.847. The Morgan fingerprint density at radius 1 is 1.33 bits per heavy atom. The largest absolute Gasteiger partial charge is 0.391 e. The van der Waals surface area contributed by atoms with Crippen molar-refractivity contribution in [3.63, 3.8) is 0 Å². The molecule has 1 atom stereocenters.